The van der Waals surface area contributed by atoms with Crippen molar-refractivity contribution in [1.82, 2.24) is 5.32 Å². The summed E-state index contributed by atoms with van der Waals surface area (Å²) in [5.74, 6) is -2.29. The Bertz CT molecular complexity index is 523. The smallest absolute Gasteiger partial charge is 0.327 e. The second kappa shape index (κ2) is 6.29. The van der Waals surface area contributed by atoms with E-state index in [1.54, 1.807) is 6.92 Å². The van der Waals surface area contributed by atoms with Gasteiger partial charge in [-0.3, -0.25) is 20.2 Å². The van der Waals surface area contributed by atoms with Crippen molar-refractivity contribution >= 4 is 11.7 Å². The van der Waals surface area contributed by atoms with Crippen molar-refractivity contribution in [3.05, 3.63) is 34.1 Å². The second-order valence-electron chi connectivity index (χ2n) is 4.33. The van der Waals surface area contributed by atoms with Crippen molar-refractivity contribution < 1.29 is 24.0 Å². The van der Waals surface area contributed by atoms with E-state index < -0.39 is 27.9 Å². The lowest BCUT2D eigenvalue weighted by Gasteiger charge is -2.25. The third-order valence-corrected chi connectivity index (χ3v) is 2.68. The molecule has 1 rings (SSSR count). The summed E-state index contributed by atoms with van der Waals surface area (Å²) >= 11 is 0. The molecule has 7 nitrogen and oxygen atoms in total. The maximum absolute atomic E-state index is 13.6. The van der Waals surface area contributed by atoms with Crippen LogP contribution in [0.5, 0.6) is 5.75 Å². The zero-order valence-electron chi connectivity index (χ0n) is 11.1. The van der Waals surface area contributed by atoms with Crippen LogP contribution in [0.25, 0.3) is 0 Å². The summed E-state index contributed by atoms with van der Waals surface area (Å²) in [5.41, 5.74) is -1.77. The van der Waals surface area contributed by atoms with Gasteiger partial charge in [0.25, 0.3) is 5.69 Å². The predicted octanol–water partition coefficient (Wildman–Crippen LogP) is 1.57. The molecular weight excluding hydrogens is 271 g/mol. The number of hydrogen-bond acceptors (Lipinski definition) is 5. The Hall–Kier alpha value is -2.22. The van der Waals surface area contributed by atoms with Gasteiger partial charge in [0, 0.05) is 6.07 Å². The number of carboxylic acid groups (broad SMARTS) is 1. The van der Waals surface area contributed by atoms with Crippen LogP contribution in [0.2, 0.25) is 0 Å². The normalized spacial score (nSPS) is 13.6. The molecule has 8 heteroatoms. The third kappa shape index (κ3) is 3.64. The van der Waals surface area contributed by atoms with E-state index in [-0.39, 0.29) is 12.4 Å². The van der Waals surface area contributed by atoms with Crippen LogP contribution < -0.4 is 10.1 Å². The van der Waals surface area contributed by atoms with E-state index in [1.807, 2.05) is 0 Å². The average molecular weight is 286 g/mol. The number of carbonyl (C=O) groups is 1. The highest BCUT2D eigenvalue weighted by Crippen LogP contribution is 2.23. The highest BCUT2D eigenvalue weighted by Gasteiger charge is 2.33. The topological polar surface area (TPSA) is 102 Å². The van der Waals surface area contributed by atoms with Gasteiger partial charge >= 0.3 is 5.97 Å². The summed E-state index contributed by atoms with van der Waals surface area (Å²) < 4.78 is 18.7. The number of carboxylic acids is 1. The number of nitro groups is 1. The van der Waals surface area contributed by atoms with Gasteiger partial charge in [-0.15, -0.1) is 0 Å². The lowest BCUT2D eigenvalue weighted by atomic mass is 10.0. The molecule has 0 fully saturated rings. The van der Waals surface area contributed by atoms with Gasteiger partial charge in [0.2, 0.25) is 0 Å². The van der Waals surface area contributed by atoms with Crippen LogP contribution >= 0.6 is 0 Å². The number of nitrogens with zero attached hydrogens (tertiary/aromatic N) is 1. The number of ether oxygens (including phenoxy) is 1. The molecule has 0 saturated heterocycles. The highest BCUT2D eigenvalue weighted by molar-refractivity contribution is 5.78. The quantitative estimate of drug-likeness (QED) is 0.582. The van der Waals surface area contributed by atoms with Crippen LogP contribution in [0.15, 0.2) is 18.2 Å². The minimum Gasteiger partial charge on any atom is -0.488 e. The molecule has 1 aromatic rings. The molecule has 0 saturated carbocycles. The van der Waals surface area contributed by atoms with Crippen LogP contribution in [0.3, 0.4) is 0 Å². The van der Waals surface area contributed by atoms with Gasteiger partial charge in [0.15, 0.2) is 11.6 Å². The number of halogens is 1. The molecule has 1 aromatic carbocycles. The van der Waals surface area contributed by atoms with Crippen LogP contribution in [0.1, 0.15) is 13.8 Å². The van der Waals surface area contributed by atoms with Crippen LogP contribution in [-0.4, -0.2) is 34.7 Å². The summed E-state index contributed by atoms with van der Waals surface area (Å²) in [6.45, 7) is 3.22. The Morgan fingerprint density at radius 1 is 1.60 bits per heavy atom. The van der Waals surface area contributed by atoms with Crippen molar-refractivity contribution in [2.75, 3.05) is 13.2 Å². The van der Waals surface area contributed by atoms with Gasteiger partial charge in [0.05, 0.1) is 11.0 Å². The molecule has 0 aromatic heterocycles. The molecule has 1 atom stereocenters. The molecule has 0 bridgehead atoms. The summed E-state index contributed by atoms with van der Waals surface area (Å²) in [7, 11) is 0. The fourth-order valence-corrected chi connectivity index (χ4v) is 1.52. The fourth-order valence-electron chi connectivity index (χ4n) is 1.52. The van der Waals surface area contributed by atoms with Gasteiger partial charge in [-0.25, -0.2) is 4.39 Å². The third-order valence-electron chi connectivity index (χ3n) is 2.68. The van der Waals surface area contributed by atoms with Gasteiger partial charge in [-0.2, -0.15) is 0 Å². The summed E-state index contributed by atoms with van der Waals surface area (Å²) in [5, 5.41) is 22.3. The van der Waals surface area contributed by atoms with Crippen molar-refractivity contribution in [2.45, 2.75) is 19.4 Å². The number of aliphatic carboxylic acids is 1. The first-order chi connectivity index (χ1) is 9.30. The Balaban J connectivity index is 2.84. The maximum Gasteiger partial charge on any atom is 0.327 e. The number of benzene rings is 1. The van der Waals surface area contributed by atoms with Crippen LogP contribution in [-0.2, 0) is 4.79 Å². The van der Waals surface area contributed by atoms with Crippen molar-refractivity contribution in [1.29, 1.82) is 0 Å². The van der Waals surface area contributed by atoms with Gasteiger partial charge in [0.1, 0.15) is 12.1 Å². The number of non-ortho nitro benzene ring substituents is 1. The zero-order chi connectivity index (χ0) is 15.3. The first kappa shape index (κ1) is 15.8. The van der Waals surface area contributed by atoms with E-state index in [1.165, 1.54) is 6.92 Å². The summed E-state index contributed by atoms with van der Waals surface area (Å²) in [6, 6.07) is 2.91. The van der Waals surface area contributed by atoms with E-state index in [9.17, 15) is 19.3 Å². The van der Waals surface area contributed by atoms with E-state index in [4.69, 9.17) is 9.84 Å². The molecular formula is C12H15FN2O5. The largest absolute Gasteiger partial charge is 0.488 e. The molecule has 0 spiro atoms. The number of nitro benzene ring substituents is 1. The van der Waals surface area contributed by atoms with Crippen molar-refractivity contribution in [3.8, 4) is 5.75 Å². The zero-order valence-corrected chi connectivity index (χ0v) is 11.1. The Morgan fingerprint density at radius 3 is 2.70 bits per heavy atom. The molecule has 0 amide bonds. The molecule has 110 valence electrons. The van der Waals surface area contributed by atoms with E-state index in [2.05, 4.69) is 5.32 Å². The molecule has 2 N–H and O–H groups in total. The second-order valence-corrected chi connectivity index (χ2v) is 4.33. The monoisotopic (exact) mass is 286 g/mol. The fraction of sp³-hybridized carbons (Fsp3) is 0.417. The highest BCUT2D eigenvalue weighted by atomic mass is 19.1. The van der Waals surface area contributed by atoms with E-state index in [0.29, 0.717) is 6.54 Å². The standard InChI is InChI=1S/C12H15FN2O5/c1-3-14-12(2,11(16)17)7-20-10-5-4-8(15(18)19)6-9(10)13/h4-6,14H,3,7H2,1-2H3,(H,16,17). The van der Waals surface area contributed by atoms with E-state index in [0.717, 1.165) is 18.2 Å². The maximum atomic E-state index is 13.6. The molecule has 0 aliphatic rings. The Kier molecular flexibility index (Phi) is 4.98. The number of hydrogen-bond donors (Lipinski definition) is 2. The van der Waals surface area contributed by atoms with Crippen LogP contribution in [0.4, 0.5) is 10.1 Å². The van der Waals surface area contributed by atoms with Crippen molar-refractivity contribution in [3.63, 3.8) is 0 Å². The van der Waals surface area contributed by atoms with Gasteiger partial charge in [-0.1, -0.05) is 6.92 Å². The lowest BCUT2D eigenvalue weighted by Crippen LogP contribution is -2.53. The minimum absolute atomic E-state index is 0.235. The first-order valence-corrected chi connectivity index (χ1v) is 5.85. The lowest BCUT2D eigenvalue weighted by molar-refractivity contribution is -0.385. The van der Waals surface area contributed by atoms with Crippen molar-refractivity contribution in [2.24, 2.45) is 0 Å². The number of rotatable bonds is 7. The molecule has 0 heterocycles. The number of likely N-dealkylation sites (N-methyl/N-ethyl adjacent to an activating group) is 1. The minimum atomic E-state index is -1.37. The Labute approximate surface area is 114 Å². The number of nitrogens with one attached hydrogen (secondary N) is 1. The Morgan fingerprint density at radius 2 is 2.25 bits per heavy atom. The first-order valence-electron chi connectivity index (χ1n) is 5.85. The predicted molar refractivity (Wildman–Crippen MR) is 68.3 cm³/mol. The van der Waals surface area contributed by atoms with Gasteiger partial charge in [-0.05, 0) is 19.5 Å². The summed E-state index contributed by atoms with van der Waals surface area (Å²) in [6.07, 6.45) is 0. The summed E-state index contributed by atoms with van der Waals surface area (Å²) in [4.78, 5) is 20.9. The van der Waals surface area contributed by atoms with Gasteiger partial charge < -0.3 is 9.84 Å². The van der Waals surface area contributed by atoms with E-state index >= 15 is 0 Å². The molecule has 1 unspecified atom stereocenters. The molecule has 0 radical (unpaired) electrons. The SMILES string of the molecule is CCNC(C)(COc1ccc([N+](=O)[O-])cc1F)C(=O)O. The molecule has 0 aliphatic carbocycles. The molecule has 0 aliphatic heterocycles. The van der Waals surface area contributed by atoms with Crippen LogP contribution in [0, 0.1) is 15.9 Å². The molecule has 20 heavy (non-hydrogen) atoms. The average Bonchev–Trinajstić information content (AvgIpc) is 2.37.